The molecular weight excluding hydrogens is 416 g/mol. The molecule has 6 nitrogen and oxygen atoms in total. The molecule has 0 fully saturated rings. The number of ether oxygens (including phenoxy) is 2. The minimum atomic E-state index is -0.358. The topological polar surface area (TPSA) is 67.9 Å². The van der Waals surface area contributed by atoms with Gasteiger partial charge in [-0.1, -0.05) is 37.6 Å². The van der Waals surface area contributed by atoms with Crippen molar-refractivity contribution in [2.75, 3.05) is 19.0 Å². The maximum Gasteiger partial charge on any atom is 0.278 e. The summed E-state index contributed by atoms with van der Waals surface area (Å²) in [6.07, 6.45) is 0.0401. The van der Waals surface area contributed by atoms with E-state index in [2.05, 4.69) is 5.32 Å². The third-order valence-electron chi connectivity index (χ3n) is 4.65. The molecule has 31 heavy (non-hydrogen) atoms. The Hall–Kier alpha value is -2.99. The number of hydrogen-bond donors (Lipinski definition) is 1. The summed E-state index contributed by atoms with van der Waals surface area (Å²) in [7, 11) is 1.53. The van der Waals surface area contributed by atoms with E-state index in [-0.39, 0.29) is 29.5 Å². The molecule has 164 valence electrons. The SMILES string of the molecule is COc1ccc(NC2=C(c3ccc(OC(C)C)cc3)C(=O)N(CC(C)C)C2=O)cc1Cl. The second kappa shape index (κ2) is 9.43. The van der Waals surface area contributed by atoms with Gasteiger partial charge in [0.2, 0.25) is 0 Å². The van der Waals surface area contributed by atoms with Crippen LogP contribution in [0.5, 0.6) is 11.5 Å². The van der Waals surface area contributed by atoms with Gasteiger partial charge in [0, 0.05) is 12.2 Å². The number of carbonyl (C=O) groups excluding carboxylic acids is 2. The van der Waals surface area contributed by atoms with Crippen molar-refractivity contribution >= 4 is 34.7 Å². The molecule has 1 aliphatic rings. The molecule has 1 aliphatic heterocycles. The smallest absolute Gasteiger partial charge is 0.278 e. The van der Waals surface area contributed by atoms with Gasteiger partial charge in [-0.05, 0) is 55.7 Å². The summed E-state index contributed by atoms with van der Waals surface area (Å²) in [6, 6.07) is 12.3. The summed E-state index contributed by atoms with van der Waals surface area (Å²) in [4.78, 5) is 27.7. The van der Waals surface area contributed by atoms with Gasteiger partial charge < -0.3 is 14.8 Å². The van der Waals surface area contributed by atoms with Crippen LogP contribution in [0.2, 0.25) is 5.02 Å². The predicted octanol–water partition coefficient (Wildman–Crippen LogP) is 4.98. The number of nitrogens with zero attached hydrogens (tertiary/aromatic N) is 1. The van der Waals surface area contributed by atoms with Crippen molar-refractivity contribution in [3.8, 4) is 11.5 Å². The van der Waals surface area contributed by atoms with Crippen LogP contribution in [0.25, 0.3) is 5.57 Å². The zero-order chi connectivity index (χ0) is 22.7. The Labute approximate surface area is 187 Å². The number of nitrogens with one attached hydrogen (secondary N) is 1. The van der Waals surface area contributed by atoms with E-state index >= 15 is 0 Å². The largest absolute Gasteiger partial charge is 0.495 e. The van der Waals surface area contributed by atoms with Gasteiger partial charge in [0.25, 0.3) is 11.8 Å². The van der Waals surface area contributed by atoms with Crippen LogP contribution in [0.3, 0.4) is 0 Å². The van der Waals surface area contributed by atoms with Crippen LogP contribution in [-0.2, 0) is 9.59 Å². The average Bonchev–Trinajstić information content (AvgIpc) is 2.92. The lowest BCUT2D eigenvalue weighted by Gasteiger charge is -2.17. The van der Waals surface area contributed by atoms with Crippen molar-refractivity contribution in [3.05, 3.63) is 58.7 Å². The number of hydrogen-bond acceptors (Lipinski definition) is 5. The van der Waals surface area contributed by atoms with Crippen molar-refractivity contribution < 1.29 is 19.1 Å². The summed E-state index contributed by atoms with van der Waals surface area (Å²) in [6.45, 7) is 8.16. The maximum atomic E-state index is 13.2. The normalized spacial score (nSPS) is 14.1. The Morgan fingerprint density at radius 2 is 1.68 bits per heavy atom. The van der Waals surface area contributed by atoms with Crippen molar-refractivity contribution in [2.24, 2.45) is 5.92 Å². The molecule has 1 N–H and O–H groups in total. The van der Waals surface area contributed by atoms with E-state index in [0.717, 1.165) is 0 Å². The van der Waals surface area contributed by atoms with Crippen molar-refractivity contribution in [2.45, 2.75) is 33.8 Å². The first-order valence-electron chi connectivity index (χ1n) is 10.2. The fourth-order valence-electron chi connectivity index (χ4n) is 3.35. The van der Waals surface area contributed by atoms with Crippen LogP contribution in [0.15, 0.2) is 48.2 Å². The van der Waals surface area contributed by atoms with Gasteiger partial charge in [0.15, 0.2) is 0 Å². The number of halogens is 1. The first kappa shape index (κ1) is 22.7. The van der Waals surface area contributed by atoms with Crippen LogP contribution in [0, 0.1) is 5.92 Å². The quantitative estimate of drug-likeness (QED) is 0.583. The van der Waals surface area contributed by atoms with E-state index in [1.165, 1.54) is 12.0 Å². The number of carbonyl (C=O) groups is 2. The first-order chi connectivity index (χ1) is 14.7. The van der Waals surface area contributed by atoms with E-state index < -0.39 is 0 Å². The van der Waals surface area contributed by atoms with E-state index in [1.807, 2.05) is 27.7 Å². The monoisotopic (exact) mass is 442 g/mol. The lowest BCUT2D eigenvalue weighted by Crippen LogP contribution is -2.35. The van der Waals surface area contributed by atoms with Crippen molar-refractivity contribution in [1.29, 1.82) is 0 Å². The Balaban J connectivity index is 2.02. The molecule has 0 unspecified atom stereocenters. The Bertz CT molecular complexity index is 1010. The van der Waals surface area contributed by atoms with E-state index in [1.54, 1.807) is 42.5 Å². The van der Waals surface area contributed by atoms with Crippen molar-refractivity contribution in [3.63, 3.8) is 0 Å². The van der Waals surface area contributed by atoms with Gasteiger partial charge in [-0.15, -0.1) is 0 Å². The number of benzene rings is 2. The fourth-order valence-corrected chi connectivity index (χ4v) is 3.61. The molecule has 0 aromatic heterocycles. The van der Waals surface area contributed by atoms with E-state index in [0.29, 0.717) is 39.9 Å². The van der Waals surface area contributed by atoms with Crippen LogP contribution >= 0.6 is 11.6 Å². The molecule has 2 aromatic carbocycles. The Morgan fingerprint density at radius 1 is 1.00 bits per heavy atom. The molecule has 7 heteroatoms. The third kappa shape index (κ3) is 5.02. The van der Waals surface area contributed by atoms with Crippen molar-refractivity contribution in [1.82, 2.24) is 4.90 Å². The zero-order valence-electron chi connectivity index (χ0n) is 18.4. The summed E-state index contributed by atoms with van der Waals surface area (Å²) in [5.41, 5.74) is 1.78. The maximum absolute atomic E-state index is 13.2. The fraction of sp³-hybridized carbons (Fsp3) is 0.333. The van der Waals surface area contributed by atoms with Gasteiger partial charge in [-0.3, -0.25) is 14.5 Å². The highest BCUT2D eigenvalue weighted by molar-refractivity contribution is 6.36. The van der Waals surface area contributed by atoms with Crippen LogP contribution in [0.4, 0.5) is 5.69 Å². The van der Waals surface area contributed by atoms with Crippen LogP contribution in [0.1, 0.15) is 33.3 Å². The van der Waals surface area contributed by atoms with Gasteiger partial charge in [0.05, 0.1) is 23.8 Å². The van der Waals surface area contributed by atoms with E-state index in [4.69, 9.17) is 21.1 Å². The van der Waals surface area contributed by atoms with Gasteiger partial charge in [-0.2, -0.15) is 0 Å². The van der Waals surface area contributed by atoms with Crippen LogP contribution < -0.4 is 14.8 Å². The molecular formula is C24H27ClN2O4. The summed E-state index contributed by atoms with van der Waals surface area (Å²) in [5, 5.41) is 3.51. The molecule has 2 amide bonds. The number of anilines is 1. The highest BCUT2D eigenvalue weighted by Crippen LogP contribution is 2.34. The number of imide groups is 1. The number of amides is 2. The molecule has 3 rings (SSSR count). The van der Waals surface area contributed by atoms with Crippen LogP contribution in [-0.4, -0.2) is 36.5 Å². The lowest BCUT2D eigenvalue weighted by molar-refractivity contribution is -0.137. The summed E-state index contributed by atoms with van der Waals surface area (Å²) < 4.78 is 10.9. The minimum absolute atomic E-state index is 0.0401. The second-order valence-corrected chi connectivity index (χ2v) is 8.44. The van der Waals surface area contributed by atoms with E-state index in [9.17, 15) is 9.59 Å². The molecule has 0 bridgehead atoms. The minimum Gasteiger partial charge on any atom is -0.495 e. The van der Waals surface area contributed by atoms with Gasteiger partial charge in [0.1, 0.15) is 17.2 Å². The Kier molecular flexibility index (Phi) is 6.91. The molecule has 0 radical (unpaired) electrons. The number of methoxy groups -OCH3 is 1. The Morgan fingerprint density at radius 3 is 2.23 bits per heavy atom. The number of rotatable bonds is 8. The second-order valence-electron chi connectivity index (χ2n) is 8.03. The first-order valence-corrected chi connectivity index (χ1v) is 10.6. The summed E-state index contributed by atoms with van der Waals surface area (Å²) in [5.74, 6) is 0.691. The molecule has 0 spiro atoms. The third-order valence-corrected chi connectivity index (χ3v) is 4.95. The highest BCUT2D eigenvalue weighted by atomic mass is 35.5. The molecule has 0 saturated carbocycles. The average molecular weight is 443 g/mol. The summed E-state index contributed by atoms with van der Waals surface area (Å²) >= 11 is 6.23. The van der Waals surface area contributed by atoms with Gasteiger partial charge in [-0.25, -0.2) is 0 Å². The standard InChI is InChI=1S/C24H27ClN2O4/c1-14(2)13-27-23(28)21(16-6-9-18(10-7-16)31-15(3)4)22(24(27)29)26-17-8-11-20(30-5)19(25)12-17/h6-12,14-15,26H,13H2,1-5H3. The highest BCUT2D eigenvalue weighted by Gasteiger charge is 2.39. The predicted molar refractivity (Wildman–Crippen MR) is 122 cm³/mol. The molecule has 0 atom stereocenters. The molecule has 1 heterocycles. The molecule has 0 saturated heterocycles. The zero-order valence-corrected chi connectivity index (χ0v) is 19.1. The van der Waals surface area contributed by atoms with Gasteiger partial charge >= 0.3 is 0 Å². The molecule has 0 aliphatic carbocycles. The molecule has 2 aromatic rings. The lowest BCUT2D eigenvalue weighted by atomic mass is 10.0.